The number of alkyl halides is 3. The smallest absolute Gasteiger partial charge is 0.430 e. The van der Waals surface area contributed by atoms with Crippen molar-refractivity contribution in [2.45, 2.75) is 82.0 Å². The first-order chi connectivity index (χ1) is 19.6. The van der Waals surface area contributed by atoms with Crippen molar-refractivity contribution in [3.05, 3.63) is 51.5 Å². The molecule has 2 saturated heterocycles. The third-order valence-electron chi connectivity index (χ3n) is 9.60. The monoisotopic (exact) mass is 593 g/mol. The van der Waals surface area contributed by atoms with Gasteiger partial charge in [0.1, 0.15) is 29.5 Å². The summed E-state index contributed by atoms with van der Waals surface area (Å²) in [5, 5.41) is 14.8. The maximum absolute atomic E-state index is 14.5. The number of aromatic nitrogens is 1. The van der Waals surface area contributed by atoms with E-state index in [1.54, 1.807) is 0 Å². The lowest BCUT2D eigenvalue weighted by Crippen LogP contribution is -2.91. The standard InChI is InChI=1S/C28H38N4OS.C2HF3O2/c1-19-31-24-16-30-18-28(26(24)34-19)17-29-15-23(28)27(33)32-13-12-22(20-8-4-2-5-9-20)14-25(32)21-10-6-3-7-11-21;3-2(4,5)1(6)7/h2,4-5,8-9,21-23,25,29-30H,3,6-7,10-18H2,1H3;(H,6,7)/p+1/t22-,23+,25+,28+;/m1./s1. The van der Waals surface area contributed by atoms with Crippen molar-refractivity contribution in [3.8, 4) is 0 Å². The first-order valence-electron chi connectivity index (χ1n) is 14.8. The van der Waals surface area contributed by atoms with Crippen LogP contribution in [0.4, 0.5) is 13.2 Å². The summed E-state index contributed by atoms with van der Waals surface area (Å²) in [6, 6.07) is 11.5. The maximum Gasteiger partial charge on any atom is 0.430 e. The van der Waals surface area contributed by atoms with E-state index < -0.39 is 12.1 Å². The molecule has 1 spiro atoms. The molecule has 1 aromatic heterocycles. The highest BCUT2D eigenvalue weighted by atomic mass is 32.1. The van der Waals surface area contributed by atoms with Gasteiger partial charge in [-0.1, -0.05) is 49.6 Å². The highest BCUT2D eigenvalue weighted by molar-refractivity contribution is 7.11. The van der Waals surface area contributed by atoms with E-state index in [0.29, 0.717) is 23.8 Å². The fraction of sp³-hybridized carbons (Fsp3) is 0.633. The van der Waals surface area contributed by atoms with E-state index >= 15 is 0 Å². The lowest BCUT2D eigenvalue weighted by molar-refractivity contribution is -0.691. The molecule has 6 rings (SSSR count). The second-order valence-electron chi connectivity index (χ2n) is 12.1. The number of nitrogens with two attached hydrogens (primary N) is 2. The second kappa shape index (κ2) is 12.4. The van der Waals surface area contributed by atoms with Crippen molar-refractivity contribution in [1.82, 2.24) is 9.88 Å². The summed E-state index contributed by atoms with van der Waals surface area (Å²) in [6.45, 7) is 7.00. The van der Waals surface area contributed by atoms with Gasteiger partial charge in [-0.2, -0.15) is 13.2 Å². The molecule has 3 aliphatic heterocycles. The molecule has 41 heavy (non-hydrogen) atoms. The number of thiazole rings is 1. The number of benzene rings is 1. The number of carboxylic acids is 1. The Labute approximate surface area is 242 Å². The predicted octanol–water partition coefficient (Wildman–Crippen LogP) is 1.61. The summed E-state index contributed by atoms with van der Waals surface area (Å²) in [7, 11) is 0. The van der Waals surface area contributed by atoms with Crippen LogP contribution in [0.3, 0.4) is 0 Å². The SMILES string of the molecule is Cc1nc2c(s1)[C@]1(C[NH2+]C2)C[NH2+]C[C@H]1C(=O)N1CC[C@@H](c2ccccc2)C[C@H]1C1CCCCC1.O=C([O-])C(F)(F)F. The Morgan fingerprint density at radius 3 is 2.44 bits per heavy atom. The van der Waals surface area contributed by atoms with Gasteiger partial charge < -0.3 is 25.4 Å². The fourth-order valence-electron chi connectivity index (χ4n) is 7.71. The van der Waals surface area contributed by atoms with E-state index in [0.717, 1.165) is 50.6 Å². The number of likely N-dealkylation sites (tertiary alicyclic amines) is 1. The van der Waals surface area contributed by atoms with Crippen molar-refractivity contribution in [2.24, 2.45) is 11.8 Å². The Bertz CT molecular complexity index is 1220. The number of hydrogen-bond acceptors (Lipinski definition) is 5. The second-order valence-corrected chi connectivity index (χ2v) is 13.3. The van der Waals surface area contributed by atoms with E-state index in [1.807, 2.05) is 11.3 Å². The minimum absolute atomic E-state index is 0.0377. The minimum Gasteiger partial charge on any atom is -0.542 e. The largest absolute Gasteiger partial charge is 0.542 e. The van der Waals surface area contributed by atoms with Crippen LogP contribution < -0.4 is 15.7 Å². The number of amides is 1. The summed E-state index contributed by atoms with van der Waals surface area (Å²) < 4.78 is 31.5. The van der Waals surface area contributed by atoms with Crippen LogP contribution in [-0.2, 0) is 21.5 Å². The lowest BCUT2D eigenvalue weighted by atomic mass is 9.71. The van der Waals surface area contributed by atoms with Crippen LogP contribution in [-0.4, -0.2) is 60.2 Å². The Morgan fingerprint density at radius 2 is 1.76 bits per heavy atom. The molecular weight excluding hydrogens is 553 g/mol. The third-order valence-corrected chi connectivity index (χ3v) is 10.8. The normalized spacial score (nSPS) is 28.6. The number of carbonyl (C=O) groups is 2. The van der Waals surface area contributed by atoms with Gasteiger partial charge in [0.2, 0.25) is 5.91 Å². The van der Waals surface area contributed by atoms with E-state index in [-0.39, 0.29) is 11.3 Å². The molecule has 4 heterocycles. The number of rotatable bonds is 3. The van der Waals surface area contributed by atoms with Crippen molar-refractivity contribution in [1.29, 1.82) is 0 Å². The molecule has 1 aromatic carbocycles. The minimum atomic E-state index is -5.19. The number of nitrogens with zero attached hydrogens (tertiary/aromatic N) is 2. The maximum atomic E-state index is 14.5. The number of aliphatic carboxylic acids is 1. The van der Waals surface area contributed by atoms with Crippen molar-refractivity contribution in [2.75, 3.05) is 26.2 Å². The van der Waals surface area contributed by atoms with Gasteiger partial charge in [0.05, 0.1) is 29.5 Å². The molecule has 0 bridgehead atoms. The van der Waals surface area contributed by atoms with Crippen molar-refractivity contribution < 1.29 is 38.5 Å². The number of piperidine rings is 1. The lowest BCUT2D eigenvalue weighted by Gasteiger charge is -2.46. The molecule has 1 saturated carbocycles. The Balaban J connectivity index is 0.000000431. The van der Waals surface area contributed by atoms with Crippen molar-refractivity contribution in [3.63, 3.8) is 0 Å². The average Bonchev–Trinajstić information content (AvgIpc) is 3.57. The summed E-state index contributed by atoms with van der Waals surface area (Å²) in [5.41, 5.74) is 2.67. The summed E-state index contributed by atoms with van der Waals surface area (Å²) >= 11 is 1.86. The van der Waals surface area contributed by atoms with Crippen LogP contribution >= 0.6 is 11.3 Å². The number of carboxylic acid groups (broad SMARTS) is 1. The van der Waals surface area contributed by atoms with Gasteiger partial charge in [-0.05, 0) is 50.0 Å². The molecule has 7 nitrogen and oxygen atoms in total. The number of halogens is 3. The van der Waals surface area contributed by atoms with Gasteiger partial charge in [0.15, 0.2) is 0 Å². The first kappa shape index (κ1) is 30.0. The number of fused-ring (bicyclic) bond motifs is 2. The van der Waals surface area contributed by atoms with Crippen LogP contribution in [0.15, 0.2) is 30.3 Å². The summed E-state index contributed by atoms with van der Waals surface area (Å²) in [4.78, 5) is 31.9. The molecule has 3 fully saturated rings. The zero-order valence-electron chi connectivity index (χ0n) is 23.5. The van der Waals surface area contributed by atoms with Gasteiger partial charge in [0.25, 0.3) is 0 Å². The van der Waals surface area contributed by atoms with Crippen LogP contribution in [0.2, 0.25) is 0 Å². The molecular formula is C30H40F3N4O3S+. The number of quaternary nitrogens is 2. The molecule has 2 aromatic rings. The van der Waals surface area contributed by atoms with Crippen LogP contribution in [0.5, 0.6) is 0 Å². The van der Waals surface area contributed by atoms with Crippen LogP contribution in [0.1, 0.15) is 72.0 Å². The quantitative estimate of drug-likeness (QED) is 0.564. The van der Waals surface area contributed by atoms with E-state index in [2.05, 4.69) is 52.8 Å². The zero-order chi connectivity index (χ0) is 29.2. The number of hydrogen-bond donors (Lipinski definition) is 2. The molecule has 4 aliphatic rings. The average molecular weight is 594 g/mol. The molecule has 224 valence electrons. The van der Waals surface area contributed by atoms with Crippen LogP contribution in [0.25, 0.3) is 0 Å². The van der Waals surface area contributed by atoms with Gasteiger partial charge in [0, 0.05) is 12.6 Å². The number of aryl methyl sites for hydroxylation is 1. The summed E-state index contributed by atoms with van der Waals surface area (Å²) in [5.74, 6) is -1.22. The highest BCUT2D eigenvalue weighted by Crippen LogP contribution is 2.44. The molecule has 0 radical (unpaired) electrons. The van der Waals surface area contributed by atoms with E-state index in [4.69, 9.17) is 14.9 Å². The molecule has 11 heteroatoms. The Morgan fingerprint density at radius 1 is 1.07 bits per heavy atom. The third kappa shape index (κ3) is 6.32. The molecule has 4 atom stereocenters. The van der Waals surface area contributed by atoms with E-state index in [1.165, 1.54) is 48.2 Å². The van der Waals surface area contributed by atoms with Gasteiger partial charge in [-0.25, -0.2) is 4.98 Å². The van der Waals surface area contributed by atoms with Crippen molar-refractivity contribution >= 4 is 23.2 Å². The molecule has 1 aliphatic carbocycles. The topological polar surface area (TPSA) is 107 Å². The van der Waals surface area contributed by atoms with Gasteiger partial charge in [-0.3, -0.25) is 4.79 Å². The summed E-state index contributed by atoms with van der Waals surface area (Å²) in [6.07, 6.45) is 3.66. The molecule has 1 amide bonds. The van der Waals surface area contributed by atoms with E-state index in [9.17, 15) is 18.0 Å². The fourth-order valence-corrected chi connectivity index (χ4v) is 8.92. The molecule has 0 unspecified atom stereocenters. The first-order valence-corrected chi connectivity index (χ1v) is 15.7. The number of carbonyl (C=O) groups excluding carboxylic acids is 2. The Hall–Kier alpha value is -2.50. The Kier molecular flexibility index (Phi) is 9.06. The predicted molar refractivity (Wildman–Crippen MR) is 146 cm³/mol. The molecule has 4 N–H and O–H groups in total. The zero-order valence-corrected chi connectivity index (χ0v) is 24.3. The van der Waals surface area contributed by atoms with Gasteiger partial charge >= 0.3 is 6.18 Å². The van der Waals surface area contributed by atoms with Crippen LogP contribution in [0, 0.1) is 18.8 Å². The highest BCUT2D eigenvalue weighted by Gasteiger charge is 2.58. The van der Waals surface area contributed by atoms with Gasteiger partial charge in [-0.15, -0.1) is 11.3 Å².